The summed E-state index contributed by atoms with van der Waals surface area (Å²) in [6.07, 6.45) is 4.57. The fourth-order valence-corrected chi connectivity index (χ4v) is 2.98. The second kappa shape index (κ2) is 3.79. The molecule has 3 N–H and O–H groups in total. The molecule has 1 aromatic carbocycles. The predicted octanol–water partition coefficient (Wildman–Crippen LogP) is 3.55. The van der Waals surface area contributed by atoms with Gasteiger partial charge < -0.3 is 10.7 Å². The van der Waals surface area contributed by atoms with E-state index >= 15 is 0 Å². The van der Waals surface area contributed by atoms with E-state index in [0.717, 1.165) is 28.8 Å². The minimum Gasteiger partial charge on any atom is -0.358 e. The Morgan fingerprint density at radius 1 is 1.31 bits per heavy atom. The van der Waals surface area contributed by atoms with Gasteiger partial charge >= 0.3 is 0 Å². The Kier molecular flexibility index (Phi) is 2.41. The third-order valence-corrected chi connectivity index (χ3v) is 3.77. The first-order valence-corrected chi connectivity index (χ1v) is 6.19. The number of nitrogens with one attached hydrogen (secondary N) is 1. The van der Waals surface area contributed by atoms with Crippen molar-refractivity contribution in [1.82, 2.24) is 4.98 Å². The number of aryl methyl sites for hydroxylation is 1. The predicted molar refractivity (Wildman–Crippen MR) is 67.8 cm³/mol. The highest BCUT2D eigenvalue weighted by molar-refractivity contribution is 6.35. The largest absolute Gasteiger partial charge is 0.358 e. The van der Waals surface area contributed by atoms with Crippen LogP contribution in [0.15, 0.2) is 18.2 Å². The van der Waals surface area contributed by atoms with E-state index in [-0.39, 0.29) is 6.04 Å². The highest BCUT2D eigenvalue weighted by Crippen LogP contribution is 2.36. The minimum atomic E-state index is 0.131. The number of aromatic amines is 1. The van der Waals surface area contributed by atoms with Gasteiger partial charge in [0.25, 0.3) is 0 Å². The molecule has 1 aromatic heterocycles. The fraction of sp³-hybridized carbons (Fsp3) is 0.385. The number of nitrogens with two attached hydrogens (primary N) is 1. The number of aromatic nitrogens is 1. The van der Waals surface area contributed by atoms with Gasteiger partial charge in [0.15, 0.2) is 0 Å². The van der Waals surface area contributed by atoms with Gasteiger partial charge in [0.05, 0.1) is 5.02 Å². The molecule has 1 atom stereocenters. The average molecular weight is 235 g/mol. The summed E-state index contributed by atoms with van der Waals surface area (Å²) in [6, 6.07) is 6.12. The Morgan fingerprint density at radius 2 is 2.19 bits per heavy atom. The molecule has 16 heavy (non-hydrogen) atoms. The Labute approximate surface area is 99.8 Å². The zero-order chi connectivity index (χ0) is 11.1. The fourth-order valence-electron chi connectivity index (χ4n) is 2.70. The van der Waals surface area contributed by atoms with Crippen molar-refractivity contribution >= 4 is 22.5 Å². The topological polar surface area (TPSA) is 41.8 Å². The van der Waals surface area contributed by atoms with Crippen molar-refractivity contribution in [2.24, 2.45) is 5.73 Å². The summed E-state index contributed by atoms with van der Waals surface area (Å²) in [6.45, 7) is 0. The molecule has 0 saturated heterocycles. The molecule has 1 unspecified atom stereocenters. The lowest BCUT2D eigenvalue weighted by molar-refractivity contribution is 0.617. The van der Waals surface area contributed by atoms with Gasteiger partial charge in [-0.2, -0.15) is 0 Å². The van der Waals surface area contributed by atoms with E-state index in [9.17, 15) is 0 Å². The Morgan fingerprint density at radius 3 is 3.06 bits per heavy atom. The molecule has 2 nitrogen and oxygen atoms in total. The molecule has 0 bridgehead atoms. The molecular formula is C13H15ClN2. The van der Waals surface area contributed by atoms with Gasteiger partial charge in [-0.3, -0.25) is 0 Å². The van der Waals surface area contributed by atoms with Gasteiger partial charge in [0.2, 0.25) is 0 Å². The maximum atomic E-state index is 6.28. The molecular weight excluding hydrogens is 220 g/mol. The molecule has 1 aliphatic rings. The standard InChI is InChI=1S/C13H15ClN2/c14-8-4-3-7-10-12(8)13-9(15)5-1-2-6-11(13)16-10/h3-4,7,9,16H,1-2,5-6,15H2. The van der Waals surface area contributed by atoms with Crippen LogP contribution >= 0.6 is 11.6 Å². The first-order chi connectivity index (χ1) is 7.77. The van der Waals surface area contributed by atoms with Crippen molar-refractivity contribution in [2.75, 3.05) is 0 Å². The zero-order valence-corrected chi connectivity index (χ0v) is 9.85. The van der Waals surface area contributed by atoms with Gasteiger partial charge in [-0.1, -0.05) is 24.1 Å². The van der Waals surface area contributed by atoms with Gasteiger partial charge in [-0.25, -0.2) is 0 Å². The third kappa shape index (κ3) is 1.45. The minimum absolute atomic E-state index is 0.131. The number of H-pyrrole nitrogens is 1. The maximum absolute atomic E-state index is 6.28. The molecule has 3 heteroatoms. The third-order valence-electron chi connectivity index (χ3n) is 3.46. The second-order valence-corrected chi connectivity index (χ2v) is 4.94. The SMILES string of the molecule is NC1CCCCc2[nH]c3cccc(Cl)c3c21. The van der Waals surface area contributed by atoms with Crippen LogP contribution in [0.5, 0.6) is 0 Å². The summed E-state index contributed by atoms with van der Waals surface area (Å²) in [4.78, 5) is 3.46. The van der Waals surface area contributed by atoms with Crippen molar-refractivity contribution in [3.8, 4) is 0 Å². The number of halogens is 1. The first-order valence-electron chi connectivity index (χ1n) is 5.82. The summed E-state index contributed by atoms with van der Waals surface area (Å²) in [5, 5.41) is 1.95. The zero-order valence-electron chi connectivity index (χ0n) is 9.09. The highest BCUT2D eigenvalue weighted by atomic mass is 35.5. The van der Waals surface area contributed by atoms with E-state index in [4.69, 9.17) is 17.3 Å². The number of hydrogen-bond acceptors (Lipinski definition) is 1. The van der Waals surface area contributed by atoms with Gasteiger partial charge in [0.1, 0.15) is 0 Å². The van der Waals surface area contributed by atoms with E-state index in [1.807, 2.05) is 12.1 Å². The lowest BCUT2D eigenvalue weighted by Gasteiger charge is -2.09. The first kappa shape index (κ1) is 10.2. The normalized spacial score (nSPS) is 20.8. The van der Waals surface area contributed by atoms with Crippen molar-refractivity contribution in [3.05, 3.63) is 34.5 Å². The number of rotatable bonds is 0. The van der Waals surface area contributed by atoms with Gasteiger partial charge in [0, 0.05) is 22.6 Å². The smallest absolute Gasteiger partial charge is 0.0503 e. The van der Waals surface area contributed by atoms with Crippen LogP contribution in [-0.2, 0) is 6.42 Å². The van der Waals surface area contributed by atoms with Crippen LogP contribution in [0.1, 0.15) is 36.6 Å². The molecule has 0 spiro atoms. The summed E-state index contributed by atoms with van der Waals surface area (Å²) >= 11 is 6.28. The molecule has 2 aromatic rings. The number of benzene rings is 1. The molecule has 0 aliphatic heterocycles. The molecule has 1 aliphatic carbocycles. The van der Waals surface area contributed by atoms with Crippen LogP contribution in [0.25, 0.3) is 10.9 Å². The number of fused-ring (bicyclic) bond motifs is 3. The molecule has 0 amide bonds. The highest BCUT2D eigenvalue weighted by Gasteiger charge is 2.21. The van der Waals surface area contributed by atoms with Crippen LogP contribution < -0.4 is 5.73 Å². The number of hydrogen-bond donors (Lipinski definition) is 2. The maximum Gasteiger partial charge on any atom is 0.0503 e. The van der Waals surface area contributed by atoms with E-state index in [0.29, 0.717) is 0 Å². The quantitative estimate of drug-likeness (QED) is 0.673. The lowest BCUT2D eigenvalue weighted by atomic mass is 10.0. The average Bonchev–Trinajstić information content (AvgIpc) is 2.55. The van der Waals surface area contributed by atoms with E-state index in [1.165, 1.54) is 24.1 Å². The second-order valence-electron chi connectivity index (χ2n) is 4.53. The Hall–Kier alpha value is -0.990. The van der Waals surface area contributed by atoms with Gasteiger partial charge in [-0.05, 0) is 37.0 Å². The molecule has 0 saturated carbocycles. The Bertz CT molecular complexity index is 530. The molecule has 1 heterocycles. The summed E-state index contributed by atoms with van der Waals surface area (Å²) < 4.78 is 0. The van der Waals surface area contributed by atoms with E-state index in [1.54, 1.807) is 0 Å². The molecule has 0 fully saturated rings. The molecule has 3 rings (SSSR count). The van der Waals surface area contributed by atoms with Crippen LogP contribution in [0.3, 0.4) is 0 Å². The van der Waals surface area contributed by atoms with Crippen molar-refractivity contribution in [3.63, 3.8) is 0 Å². The van der Waals surface area contributed by atoms with Crippen molar-refractivity contribution in [1.29, 1.82) is 0 Å². The van der Waals surface area contributed by atoms with Crippen molar-refractivity contribution in [2.45, 2.75) is 31.7 Å². The summed E-state index contributed by atoms with van der Waals surface area (Å²) in [7, 11) is 0. The molecule has 84 valence electrons. The Balaban J connectivity index is 2.32. The van der Waals surface area contributed by atoms with E-state index in [2.05, 4.69) is 11.1 Å². The summed E-state index contributed by atoms with van der Waals surface area (Å²) in [5.74, 6) is 0. The van der Waals surface area contributed by atoms with Crippen LogP contribution in [-0.4, -0.2) is 4.98 Å². The lowest BCUT2D eigenvalue weighted by Crippen LogP contribution is -2.09. The monoisotopic (exact) mass is 234 g/mol. The van der Waals surface area contributed by atoms with Crippen molar-refractivity contribution < 1.29 is 0 Å². The molecule has 0 radical (unpaired) electrons. The summed E-state index contributed by atoms with van der Waals surface area (Å²) in [5.41, 5.74) is 9.90. The van der Waals surface area contributed by atoms with Gasteiger partial charge in [-0.15, -0.1) is 0 Å². The van der Waals surface area contributed by atoms with Crippen LogP contribution in [0, 0.1) is 0 Å². The van der Waals surface area contributed by atoms with Crippen LogP contribution in [0.2, 0.25) is 5.02 Å². The van der Waals surface area contributed by atoms with E-state index < -0.39 is 0 Å². The van der Waals surface area contributed by atoms with Crippen LogP contribution in [0.4, 0.5) is 0 Å².